The zero-order valence-electron chi connectivity index (χ0n) is 20.8. The highest BCUT2D eigenvalue weighted by Crippen LogP contribution is 2.60. The van der Waals surface area contributed by atoms with E-state index >= 15 is 0 Å². The van der Waals surface area contributed by atoms with E-state index in [1.165, 1.54) is 28.4 Å². The van der Waals surface area contributed by atoms with Gasteiger partial charge in [0, 0.05) is 16.2 Å². The summed E-state index contributed by atoms with van der Waals surface area (Å²) in [4.78, 5) is 43.6. The predicted molar refractivity (Wildman–Crippen MR) is 145 cm³/mol. The highest BCUT2D eigenvalue weighted by atomic mass is 79.9. The van der Waals surface area contributed by atoms with Crippen molar-refractivity contribution in [3.8, 4) is 17.3 Å². The first-order chi connectivity index (χ1) is 18.8. The molecule has 0 aliphatic carbocycles. The van der Waals surface area contributed by atoms with Crippen LogP contribution in [-0.4, -0.2) is 32.0 Å². The van der Waals surface area contributed by atoms with Gasteiger partial charge in [-0.1, -0.05) is 52.3 Å². The van der Waals surface area contributed by atoms with Gasteiger partial charge in [0.05, 0.1) is 43.1 Å². The first kappa shape index (κ1) is 29.1. The van der Waals surface area contributed by atoms with Gasteiger partial charge in [-0.3, -0.25) is 13.7 Å². The van der Waals surface area contributed by atoms with Crippen LogP contribution in [0.5, 0.6) is 0 Å². The zero-order chi connectivity index (χ0) is 29.2. The molecule has 0 aliphatic rings. The lowest BCUT2D eigenvalue weighted by Crippen LogP contribution is -2.25. The summed E-state index contributed by atoms with van der Waals surface area (Å²) in [6.07, 6.45) is 1.62. The quantitative estimate of drug-likeness (QED) is 0.205. The molecule has 1 heterocycles. The van der Waals surface area contributed by atoms with Crippen LogP contribution in [-0.2, 0) is 28.1 Å². The maximum Gasteiger partial charge on any atom is 0.399 e. The number of aromatic nitrogens is 2. The lowest BCUT2D eigenvalue weighted by atomic mass is 10.1. The molecular weight excluding hydrogens is 611 g/mol. The number of alkyl halides is 2. The molecule has 0 unspecified atom stereocenters. The summed E-state index contributed by atoms with van der Waals surface area (Å²) in [5.41, 5.74) is -2.70. The van der Waals surface area contributed by atoms with Crippen LogP contribution in [0, 0.1) is 11.3 Å². The molecule has 40 heavy (non-hydrogen) atoms. The Kier molecular flexibility index (Phi) is 8.23. The van der Waals surface area contributed by atoms with Gasteiger partial charge in [-0.15, -0.1) is 0 Å². The number of ether oxygens (including phenoxy) is 1. The largest absolute Gasteiger partial charge is 0.465 e. The van der Waals surface area contributed by atoms with E-state index in [-0.39, 0.29) is 17.6 Å². The number of esters is 1. The fourth-order valence-corrected chi connectivity index (χ4v) is 5.38. The molecule has 0 radical (unpaired) electrons. The Balaban J connectivity index is 1.76. The smallest absolute Gasteiger partial charge is 0.399 e. The van der Waals surface area contributed by atoms with Gasteiger partial charge in [-0.25, -0.2) is 9.59 Å². The van der Waals surface area contributed by atoms with Crippen LogP contribution >= 0.6 is 23.5 Å². The summed E-state index contributed by atoms with van der Waals surface area (Å²) < 4.78 is 47.3. The standard InChI is InChI=1S/C27H21BrF2N3O6P/c1-39-25(34)21-9-7-20(8-10-21)24-16-32(14-18-4-2-17(13-31)3-5-18)26(35)33(24)15-19-6-11-22(23(28)12-19)27(29,30)40(36,37)38/h2-12,16H,14-15H2,1H3,(H2,36,37,38). The fraction of sp³-hybridized carbons (Fsp3) is 0.148. The van der Waals surface area contributed by atoms with Gasteiger partial charge in [-0.05, 0) is 47.0 Å². The molecule has 0 saturated carbocycles. The van der Waals surface area contributed by atoms with E-state index in [1.54, 1.807) is 54.7 Å². The zero-order valence-corrected chi connectivity index (χ0v) is 23.3. The lowest BCUT2D eigenvalue weighted by Gasteiger charge is -2.19. The number of hydrogen-bond acceptors (Lipinski definition) is 5. The molecule has 1 aromatic heterocycles. The van der Waals surface area contributed by atoms with Crippen LogP contribution in [0.3, 0.4) is 0 Å². The topological polar surface area (TPSA) is 135 Å². The molecule has 0 spiro atoms. The Hall–Kier alpha value is -3.88. The number of rotatable bonds is 8. The third-order valence-electron chi connectivity index (χ3n) is 6.15. The summed E-state index contributed by atoms with van der Waals surface area (Å²) in [5, 5.41) is 9.04. The van der Waals surface area contributed by atoms with Crippen molar-refractivity contribution >= 4 is 29.5 Å². The molecule has 206 valence electrons. The summed E-state index contributed by atoms with van der Waals surface area (Å²) in [5.74, 6) is -0.528. The molecule has 0 atom stereocenters. The van der Waals surface area contributed by atoms with E-state index in [2.05, 4.69) is 15.9 Å². The Bertz CT molecular complexity index is 1720. The SMILES string of the molecule is COC(=O)c1ccc(-c2cn(Cc3ccc(C#N)cc3)c(=O)n2Cc2ccc(C(F)(F)P(=O)(O)O)c(Br)c2)cc1. The Labute approximate surface area is 235 Å². The Morgan fingerprint density at radius 3 is 2.23 bits per heavy atom. The van der Waals surface area contributed by atoms with Crippen LogP contribution in [0.2, 0.25) is 0 Å². The van der Waals surface area contributed by atoms with Gasteiger partial charge in [0.25, 0.3) is 0 Å². The van der Waals surface area contributed by atoms with Gasteiger partial charge in [-0.2, -0.15) is 14.0 Å². The number of benzene rings is 3. The minimum atomic E-state index is -5.78. The van der Waals surface area contributed by atoms with Crippen molar-refractivity contribution in [1.29, 1.82) is 5.26 Å². The molecule has 0 fully saturated rings. The predicted octanol–water partition coefficient (Wildman–Crippen LogP) is 5.06. The van der Waals surface area contributed by atoms with Gasteiger partial charge in [0.15, 0.2) is 0 Å². The third kappa shape index (κ3) is 5.83. The van der Waals surface area contributed by atoms with Crippen molar-refractivity contribution in [2.75, 3.05) is 7.11 Å². The first-order valence-electron chi connectivity index (χ1n) is 11.6. The molecule has 0 saturated heterocycles. The summed E-state index contributed by atoms with van der Waals surface area (Å²) >= 11 is 2.98. The number of halogens is 3. The minimum absolute atomic E-state index is 0.0619. The number of hydrogen-bond donors (Lipinski definition) is 2. The molecule has 0 amide bonds. The van der Waals surface area contributed by atoms with E-state index in [0.717, 1.165) is 11.6 Å². The van der Waals surface area contributed by atoms with E-state index < -0.39 is 30.5 Å². The summed E-state index contributed by atoms with van der Waals surface area (Å²) in [7, 11) is -4.52. The van der Waals surface area contributed by atoms with Crippen molar-refractivity contribution in [2.24, 2.45) is 0 Å². The van der Waals surface area contributed by atoms with Crippen LogP contribution in [0.1, 0.15) is 32.6 Å². The number of methoxy groups -OCH3 is 1. The number of imidazole rings is 1. The number of nitriles is 1. The Morgan fingerprint density at radius 1 is 1.05 bits per heavy atom. The van der Waals surface area contributed by atoms with Crippen molar-refractivity contribution < 1.29 is 32.7 Å². The average Bonchev–Trinajstić information content (AvgIpc) is 3.22. The van der Waals surface area contributed by atoms with Crippen LogP contribution in [0.15, 0.2) is 82.2 Å². The highest BCUT2D eigenvalue weighted by molar-refractivity contribution is 9.10. The van der Waals surface area contributed by atoms with Crippen molar-refractivity contribution in [2.45, 2.75) is 18.8 Å². The van der Waals surface area contributed by atoms with Gasteiger partial charge < -0.3 is 14.5 Å². The molecule has 4 rings (SSSR count). The second kappa shape index (κ2) is 11.3. The van der Waals surface area contributed by atoms with E-state index in [9.17, 15) is 22.9 Å². The van der Waals surface area contributed by atoms with Gasteiger partial charge >= 0.3 is 24.9 Å². The van der Waals surface area contributed by atoms with Crippen LogP contribution in [0.4, 0.5) is 8.78 Å². The minimum Gasteiger partial charge on any atom is -0.465 e. The molecule has 9 nitrogen and oxygen atoms in total. The maximum atomic E-state index is 14.3. The number of carbonyl (C=O) groups is 1. The van der Waals surface area contributed by atoms with Crippen LogP contribution < -0.4 is 5.69 Å². The van der Waals surface area contributed by atoms with Crippen LogP contribution in [0.25, 0.3) is 11.3 Å². The molecule has 0 aliphatic heterocycles. The maximum absolute atomic E-state index is 14.3. The van der Waals surface area contributed by atoms with Crippen molar-refractivity contribution in [3.05, 3.63) is 116 Å². The highest BCUT2D eigenvalue weighted by Gasteiger charge is 2.51. The van der Waals surface area contributed by atoms with E-state index in [1.807, 2.05) is 6.07 Å². The average molecular weight is 632 g/mol. The molecule has 13 heteroatoms. The van der Waals surface area contributed by atoms with E-state index in [4.69, 9.17) is 19.8 Å². The monoisotopic (exact) mass is 631 g/mol. The number of nitrogens with zero attached hydrogens (tertiary/aromatic N) is 3. The summed E-state index contributed by atoms with van der Waals surface area (Å²) in [6.45, 7) is 0.121. The Morgan fingerprint density at radius 2 is 1.68 bits per heavy atom. The lowest BCUT2D eigenvalue weighted by molar-refractivity contribution is 0.0557. The van der Waals surface area contributed by atoms with E-state index in [0.29, 0.717) is 27.9 Å². The molecular formula is C27H21BrF2N3O6P. The van der Waals surface area contributed by atoms with Gasteiger partial charge in [0.2, 0.25) is 0 Å². The second-order valence-electron chi connectivity index (χ2n) is 8.79. The molecule has 0 bridgehead atoms. The molecule has 3 aromatic carbocycles. The third-order valence-corrected chi connectivity index (χ3v) is 7.78. The number of carbonyl (C=O) groups excluding carboxylic acids is 1. The summed E-state index contributed by atoms with van der Waals surface area (Å²) in [6, 6.07) is 18.6. The van der Waals surface area contributed by atoms with Crippen molar-refractivity contribution in [1.82, 2.24) is 9.13 Å². The second-order valence-corrected chi connectivity index (χ2v) is 11.3. The first-order valence-corrected chi connectivity index (χ1v) is 14.0. The molecule has 4 aromatic rings. The fourth-order valence-electron chi connectivity index (χ4n) is 4.04. The van der Waals surface area contributed by atoms with Crippen molar-refractivity contribution in [3.63, 3.8) is 0 Å². The normalized spacial score (nSPS) is 11.7. The van der Waals surface area contributed by atoms with Gasteiger partial charge in [0.1, 0.15) is 0 Å². The molecule has 2 N–H and O–H groups in total.